The van der Waals surface area contributed by atoms with Crippen LogP contribution in [-0.4, -0.2) is 60.6 Å². The van der Waals surface area contributed by atoms with Crippen molar-refractivity contribution in [3.63, 3.8) is 0 Å². The fourth-order valence-corrected chi connectivity index (χ4v) is 2.90. The van der Waals surface area contributed by atoms with Crippen molar-refractivity contribution in [3.8, 4) is 0 Å². The zero-order valence-electron chi connectivity index (χ0n) is 14.3. The highest BCUT2D eigenvalue weighted by Gasteiger charge is 2.48. The molecule has 1 aliphatic rings. The molecule has 1 saturated heterocycles. The van der Waals surface area contributed by atoms with E-state index in [1.807, 2.05) is 0 Å². The third kappa shape index (κ3) is 4.61. The van der Waals surface area contributed by atoms with Gasteiger partial charge in [0.15, 0.2) is 0 Å². The van der Waals surface area contributed by atoms with Gasteiger partial charge in [-0.05, 0) is 25.0 Å². The molecule has 0 spiro atoms. The number of carbonyl (C=O) groups excluding carboxylic acids is 2. The van der Waals surface area contributed by atoms with E-state index < -0.39 is 24.2 Å². The van der Waals surface area contributed by atoms with Gasteiger partial charge in [0.25, 0.3) is 5.91 Å². The second-order valence-corrected chi connectivity index (χ2v) is 6.28. The summed E-state index contributed by atoms with van der Waals surface area (Å²) in [6.45, 7) is 1.10. The van der Waals surface area contributed by atoms with E-state index in [9.17, 15) is 22.8 Å². The van der Waals surface area contributed by atoms with Crippen molar-refractivity contribution >= 4 is 17.5 Å². The maximum absolute atomic E-state index is 13.4. The molecule has 6 nitrogen and oxygen atoms in total. The fraction of sp³-hybridized carbons (Fsp3) is 0.562. The molecule has 2 amide bonds. The number of piperidine rings is 1. The SMILES string of the molecule is CC(=O)NC1CCC(C(F)(F)F)N(C(=O)c2cc(N(C)C)ccn2)C1. The molecule has 25 heavy (non-hydrogen) atoms. The van der Waals surface area contributed by atoms with Crippen LogP contribution in [0.2, 0.25) is 0 Å². The maximum Gasteiger partial charge on any atom is 0.408 e. The van der Waals surface area contributed by atoms with Crippen LogP contribution in [0, 0.1) is 0 Å². The van der Waals surface area contributed by atoms with Crippen LogP contribution in [0.25, 0.3) is 0 Å². The normalized spacial score (nSPS) is 21.0. The largest absolute Gasteiger partial charge is 0.408 e. The van der Waals surface area contributed by atoms with Gasteiger partial charge >= 0.3 is 6.18 Å². The number of carbonyl (C=O) groups is 2. The molecule has 138 valence electrons. The Hall–Kier alpha value is -2.32. The lowest BCUT2D eigenvalue weighted by Gasteiger charge is -2.40. The highest BCUT2D eigenvalue weighted by molar-refractivity contribution is 5.93. The minimum absolute atomic E-state index is 0.0519. The van der Waals surface area contributed by atoms with Crippen LogP contribution in [0.4, 0.5) is 18.9 Å². The molecule has 0 saturated carbocycles. The summed E-state index contributed by atoms with van der Waals surface area (Å²) < 4.78 is 40.1. The molecule has 2 rings (SSSR count). The smallest absolute Gasteiger partial charge is 0.378 e. The van der Waals surface area contributed by atoms with Crippen LogP contribution in [0.3, 0.4) is 0 Å². The van der Waals surface area contributed by atoms with Gasteiger partial charge in [-0.2, -0.15) is 13.2 Å². The molecule has 1 aromatic rings. The first-order valence-electron chi connectivity index (χ1n) is 7.87. The predicted molar refractivity (Wildman–Crippen MR) is 86.3 cm³/mol. The second-order valence-electron chi connectivity index (χ2n) is 6.28. The van der Waals surface area contributed by atoms with Gasteiger partial charge in [0.2, 0.25) is 5.91 Å². The van der Waals surface area contributed by atoms with Crippen LogP contribution in [-0.2, 0) is 4.79 Å². The van der Waals surface area contributed by atoms with Gasteiger partial charge in [-0.25, -0.2) is 0 Å². The number of alkyl halides is 3. The van der Waals surface area contributed by atoms with E-state index >= 15 is 0 Å². The molecular weight excluding hydrogens is 337 g/mol. The molecule has 1 aromatic heterocycles. The summed E-state index contributed by atoms with van der Waals surface area (Å²) >= 11 is 0. The van der Waals surface area contributed by atoms with Crippen LogP contribution in [0.1, 0.15) is 30.3 Å². The Morgan fingerprint density at radius 2 is 2.00 bits per heavy atom. The van der Waals surface area contributed by atoms with E-state index in [1.165, 1.54) is 19.2 Å². The van der Waals surface area contributed by atoms with Crippen molar-refractivity contribution in [2.45, 2.75) is 38.0 Å². The standard InChI is InChI=1S/C16H21F3N4O2/c1-10(24)21-11-4-5-14(16(17,18)19)23(9-11)15(25)13-8-12(22(2)3)6-7-20-13/h6-8,11,14H,4-5,9H2,1-3H3,(H,21,24). The summed E-state index contributed by atoms with van der Waals surface area (Å²) in [5, 5.41) is 2.59. The minimum atomic E-state index is -4.53. The molecule has 1 N–H and O–H groups in total. The maximum atomic E-state index is 13.4. The molecule has 0 aromatic carbocycles. The first-order chi connectivity index (χ1) is 11.6. The minimum Gasteiger partial charge on any atom is -0.378 e. The number of hydrogen-bond acceptors (Lipinski definition) is 4. The van der Waals surface area contributed by atoms with Crippen molar-refractivity contribution in [2.24, 2.45) is 0 Å². The van der Waals surface area contributed by atoms with Gasteiger partial charge < -0.3 is 15.1 Å². The first kappa shape index (κ1) is 19.0. The topological polar surface area (TPSA) is 65.5 Å². The van der Waals surface area contributed by atoms with E-state index in [1.54, 1.807) is 25.1 Å². The van der Waals surface area contributed by atoms with Gasteiger partial charge in [-0.3, -0.25) is 14.6 Å². The zero-order valence-corrected chi connectivity index (χ0v) is 14.3. The van der Waals surface area contributed by atoms with Crippen molar-refractivity contribution in [3.05, 3.63) is 24.0 Å². The lowest BCUT2D eigenvalue weighted by Crippen LogP contribution is -2.58. The van der Waals surface area contributed by atoms with Crippen LogP contribution in [0.5, 0.6) is 0 Å². The van der Waals surface area contributed by atoms with E-state index in [-0.39, 0.29) is 31.0 Å². The number of amides is 2. The summed E-state index contributed by atoms with van der Waals surface area (Å²) in [6, 6.07) is 0.735. The fourth-order valence-electron chi connectivity index (χ4n) is 2.90. The Bertz CT molecular complexity index is 649. The lowest BCUT2D eigenvalue weighted by atomic mass is 9.97. The van der Waals surface area contributed by atoms with Gasteiger partial charge in [0, 0.05) is 45.5 Å². The quantitative estimate of drug-likeness (QED) is 0.895. The third-order valence-electron chi connectivity index (χ3n) is 4.11. The summed E-state index contributed by atoms with van der Waals surface area (Å²) in [4.78, 5) is 30.3. The molecule has 0 aliphatic carbocycles. The van der Waals surface area contributed by atoms with Crippen molar-refractivity contribution < 1.29 is 22.8 Å². The lowest BCUT2D eigenvalue weighted by molar-refractivity contribution is -0.184. The number of anilines is 1. The van der Waals surface area contributed by atoms with E-state index in [0.29, 0.717) is 5.69 Å². The Morgan fingerprint density at radius 1 is 1.32 bits per heavy atom. The van der Waals surface area contributed by atoms with Gasteiger partial charge in [-0.1, -0.05) is 0 Å². The molecule has 2 heterocycles. The number of nitrogens with one attached hydrogen (secondary N) is 1. The second kappa shape index (κ2) is 7.28. The Kier molecular flexibility index (Phi) is 5.54. The van der Waals surface area contributed by atoms with Crippen molar-refractivity contribution in [1.29, 1.82) is 0 Å². The van der Waals surface area contributed by atoms with Crippen LogP contribution >= 0.6 is 0 Å². The van der Waals surface area contributed by atoms with E-state index in [2.05, 4.69) is 10.3 Å². The molecule has 1 aliphatic heterocycles. The first-order valence-corrected chi connectivity index (χ1v) is 7.87. The van der Waals surface area contributed by atoms with Gasteiger partial charge in [-0.15, -0.1) is 0 Å². The van der Waals surface area contributed by atoms with Crippen LogP contribution < -0.4 is 10.2 Å². The number of likely N-dealkylation sites (tertiary alicyclic amines) is 1. The summed E-state index contributed by atoms with van der Waals surface area (Å²) in [6.07, 6.45) is -3.23. The number of nitrogens with zero attached hydrogens (tertiary/aromatic N) is 3. The average molecular weight is 358 g/mol. The molecule has 2 unspecified atom stereocenters. The molecular formula is C16H21F3N4O2. The highest BCUT2D eigenvalue weighted by Crippen LogP contribution is 2.33. The summed E-state index contributed by atoms with van der Waals surface area (Å²) in [7, 11) is 3.52. The number of pyridine rings is 1. The Balaban J connectivity index is 2.30. The third-order valence-corrected chi connectivity index (χ3v) is 4.11. The number of aromatic nitrogens is 1. The summed E-state index contributed by atoms with van der Waals surface area (Å²) in [5.41, 5.74) is 0.612. The molecule has 0 bridgehead atoms. The van der Waals surface area contributed by atoms with Gasteiger partial charge in [0.1, 0.15) is 11.7 Å². The monoisotopic (exact) mass is 358 g/mol. The van der Waals surface area contributed by atoms with Crippen molar-refractivity contribution in [1.82, 2.24) is 15.2 Å². The predicted octanol–water partition coefficient (Wildman–Crippen LogP) is 1.82. The van der Waals surface area contributed by atoms with E-state index in [4.69, 9.17) is 0 Å². The van der Waals surface area contributed by atoms with E-state index in [0.717, 1.165) is 4.90 Å². The molecule has 0 radical (unpaired) electrons. The number of halogens is 3. The Morgan fingerprint density at radius 3 is 2.56 bits per heavy atom. The highest BCUT2D eigenvalue weighted by atomic mass is 19.4. The van der Waals surface area contributed by atoms with Crippen molar-refractivity contribution in [2.75, 3.05) is 25.5 Å². The zero-order chi connectivity index (χ0) is 18.8. The van der Waals surface area contributed by atoms with Gasteiger partial charge in [0.05, 0.1) is 0 Å². The molecule has 9 heteroatoms. The average Bonchev–Trinajstić information content (AvgIpc) is 2.52. The van der Waals surface area contributed by atoms with Crippen LogP contribution in [0.15, 0.2) is 18.3 Å². The summed E-state index contributed by atoms with van der Waals surface area (Å²) in [5.74, 6) is -1.13. The molecule has 2 atom stereocenters. The number of hydrogen-bond donors (Lipinski definition) is 1. The number of rotatable bonds is 3. The Labute approximate surface area is 144 Å². The molecule has 1 fully saturated rings.